The number of nitrogens with one attached hydrogen (secondary N) is 1. The topological polar surface area (TPSA) is 102 Å². The van der Waals surface area contributed by atoms with Crippen LogP contribution in [-0.4, -0.2) is 48.1 Å². The molecule has 0 spiro atoms. The van der Waals surface area contributed by atoms with Gasteiger partial charge in [0.25, 0.3) is 0 Å². The van der Waals surface area contributed by atoms with E-state index < -0.39 is 17.1 Å². The molecular weight excluding hydrogens is 394 g/mol. The summed E-state index contributed by atoms with van der Waals surface area (Å²) in [6.45, 7) is 16.2. The number of rotatable bonds is 9. The van der Waals surface area contributed by atoms with Crippen molar-refractivity contribution in [1.29, 1.82) is 0 Å². The molecule has 0 saturated carbocycles. The Balaban J connectivity index is -0.000000994. The Labute approximate surface area is 180 Å². The van der Waals surface area contributed by atoms with Crippen molar-refractivity contribution in [2.75, 3.05) is 13.7 Å². The van der Waals surface area contributed by atoms with Gasteiger partial charge in [0.15, 0.2) is 0 Å². The number of hydrogen-bond donors (Lipinski definition) is 3. The second-order valence-electron chi connectivity index (χ2n) is 6.66. The van der Waals surface area contributed by atoms with E-state index >= 15 is 0 Å². The van der Waals surface area contributed by atoms with Crippen LogP contribution in [-0.2, 0) is 19.1 Å². The minimum Gasteiger partial charge on any atom is -0.460 e. The molecule has 0 aliphatic heterocycles. The number of carbonyl (C=O) groups excluding carboxylic acids is 3. The molecule has 2 atom stereocenters. The predicted molar refractivity (Wildman–Crippen MR) is 120 cm³/mol. The molecule has 0 aliphatic carbocycles. The SMILES string of the molecule is C=C/C=C(\C=C)COC(=O)NC(S)CC(C)C(=O)OC(C)(C)C.CCC=O.CO. The zero-order valence-electron chi connectivity index (χ0n) is 18.4. The monoisotopic (exact) mass is 431 g/mol. The maximum atomic E-state index is 11.9. The van der Waals surface area contributed by atoms with Gasteiger partial charge in [-0.15, -0.1) is 0 Å². The minimum absolute atomic E-state index is 0.0868. The Hall–Kier alpha value is -2.06. The van der Waals surface area contributed by atoms with Crippen LogP contribution in [0.3, 0.4) is 0 Å². The van der Waals surface area contributed by atoms with Gasteiger partial charge in [0.2, 0.25) is 0 Å². The number of carbonyl (C=O) groups is 3. The summed E-state index contributed by atoms with van der Waals surface area (Å²) in [6.07, 6.45) is 6.10. The van der Waals surface area contributed by atoms with E-state index in [-0.39, 0.29) is 18.5 Å². The molecule has 2 unspecified atom stereocenters. The maximum Gasteiger partial charge on any atom is 0.408 e. The number of amides is 1. The van der Waals surface area contributed by atoms with Gasteiger partial charge in [0.05, 0.1) is 11.3 Å². The Kier molecular flexibility index (Phi) is 21.0. The molecule has 0 rings (SSSR count). The third-order valence-electron chi connectivity index (χ3n) is 2.80. The second-order valence-corrected chi connectivity index (χ2v) is 7.29. The van der Waals surface area contributed by atoms with Crippen molar-refractivity contribution >= 4 is 31.0 Å². The molecule has 168 valence electrons. The fourth-order valence-corrected chi connectivity index (χ4v) is 1.97. The first kappa shape index (κ1) is 31.6. The highest BCUT2D eigenvalue weighted by molar-refractivity contribution is 7.80. The lowest BCUT2D eigenvalue weighted by molar-refractivity contribution is -0.159. The Morgan fingerprint density at radius 1 is 1.24 bits per heavy atom. The van der Waals surface area contributed by atoms with Crippen molar-refractivity contribution in [3.63, 3.8) is 0 Å². The van der Waals surface area contributed by atoms with Crippen LogP contribution in [0.5, 0.6) is 0 Å². The number of aliphatic hydroxyl groups is 1. The van der Waals surface area contributed by atoms with Crippen LogP contribution >= 0.6 is 12.6 Å². The summed E-state index contributed by atoms with van der Waals surface area (Å²) < 4.78 is 10.3. The van der Waals surface area contributed by atoms with Crippen molar-refractivity contribution < 1.29 is 29.0 Å². The molecule has 0 bridgehead atoms. The smallest absolute Gasteiger partial charge is 0.408 e. The number of esters is 1. The van der Waals surface area contributed by atoms with Crippen LogP contribution in [0.4, 0.5) is 4.79 Å². The number of thiol groups is 1. The molecule has 1 amide bonds. The molecule has 0 aliphatic rings. The van der Waals surface area contributed by atoms with Gasteiger partial charge in [-0.3, -0.25) is 4.79 Å². The van der Waals surface area contributed by atoms with Gasteiger partial charge in [-0.1, -0.05) is 45.2 Å². The molecule has 0 aromatic heterocycles. The molecule has 7 nitrogen and oxygen atoms in total. The third kappa shape index (κ3) is 22.1. The summed E-state index contributed by atoms with van der Waals surface area (Å²) in [5.41, 5.74) is 0.190. The van der Waals surface area contributed by atoms with E-state index in [0.717, 1.165) is 19.0 Å². The standard InChI is InChI=1S/C17H27NO4S.C3H6O.CH4O/c1-7-9-13(8-2)11-21-16(20)18-14(23)10-12(3)15(19)22-17(4,5)6;1-2-3-4;1-2/h7-9,12,14,23H,1-2,10-11H2,3-6H3,(H,18,20);3H,2H2,1H3;2H,1H3/b13-9+;;. The van der Waals surface area contributed by atoms with E-state index in [9.17, 15) is 14.4 Å². The van der Waals surface area contributed by atoms with Gasteiger partial charge in [-0.25, -0.2) is 4.79 Å². The largest absolute Gasteiger partial charge is 0.460 e. The number of aldehydes is 1. The first-order chi connectivity index (χ1) is 13.5. The van der Waals surface area contributed by atoms with Gasteiger partial charge >= 0.3 is 12.1 Å². The molecule has 0 fully saturated rings. The molecule has 0 aromatic carbocycles. The average molecular weight is 432 g/mol. The lowest BCUT2D eigenvalue weighted by Crippen LogP contribution is -2.35. The van der Waals surface area contributed by atoms with Gasteiger partial charge < -0.3 is 24.7 Å². The fourth-order valence-electron chi connectivity index (χ4n) is 1.55. The summed E-state index contributed by atoms with van der Waals surface area (Å²) in [6, 6.07) is 0. The van der Waals surface area contributed by atoms with E-state index in [1.807, 2.05) is 6.92 Å². The van der Waals surface area contributed by atoms with E-state index in [1.54, 1.807) is 45.9 Å². The number of hydrogen-bond acceptors (Lipinski definition) is 7. The first-order valence-corrected chi connectivity index (χ1v) is 9.68. The second kappa shape index (κ2) is 19.3. The predicted octanol–water partition coefficient (Wildman–Crippen LogP) is 3.84. The Morgan fingerprint density at radius 2 is 1.76 bits per heavy atom. The molecule has 0 aromatic rings. The average Bonchev–Trinajstić information content (AvgIpc) is 2.65. The zero-order chi connectivity index (χ0) is 23.5. The highest BCUT2D eigenvalue weighted by Gasteiger charge is 2.24. The molecule has 2 N–H and O–H groups in total. The fraction of sp³-hybridized carbons (Fsp3) is 0.571. The van der Waals surface area contributed by atoms with Crippen molar-refractivity contribution in [2.24, 2.45) is 5.92 Å². The van der Waals surface area contributed by atoms with Gasteiger partial charge in [0.1, 0.15) is 18.5 Å². The molecule has 0 heterocycles. The van der Waals surface area contributed by atoms with E-state index in [2.05, 4.69) is 31.1 Å². The maximum absolute atomic E-state index is 11.9. The Morgan fingerprint density at radius 3 is 2.14 bits per heavy atom. The van der Waals surface area contributed by atoms with Crippen LogP contribution in [0.15, 0.2) is 37.0 Å². The van der Waals surface area contributed by atoms with Crippen LogP contribution in [0, 0.1) is 5.92 Å². The quantitative estimate of drug-likeness (QED) is 0.169. The van der Waals surface area contributed by atoms with Crippen LogP contribution in [0.2, 0.25) is 0 Å². The number of allylic oxidation sites excluding steroid dienone is 2. The van der Waals surface area contributed by atoms with E-state index in [1.165, 1.54) is 0 Å². The van der Waals surface area contributed by atoms with Crippen molar-refractivity contribution in [2.45, 2.75) is 58.4 Å². The number of aliphatic hydroxyl groups excluding tert-OH is 1. The molecule has 0 saturated heterocycles. The molecule has 29 heavy (non-hydrogen) atoms. The molecule has 0 radical (unpaired) electrons. The van der Waals surface area contributed by atoms with Gasteiger partial charge in [0, 0.05) is 13.5 Å². The number of ether oxygens (including phenoxy) is 2. The zero-order valence-corrected chi connectivity index (χ0v) is 19.3. The normalized spacial score (nSPS) is 12.5. The third-order valence-corrected chi connectivity index (χ3v) is 3.14. The highest BCUT2D eigenvalue weighted by atomic mass is 32.1. The first-order valence-electron chi connectivity index (χ1n) is 9.17. The number of alkyl carbamates (subject to hydrolysis) is 1. The van der Waals surface area contributed by atoms with E-state index in [4.69, 9.17) is 14.6 Å². The highest BCUT2D eigenvalue weighted by Crippen LogP contribution is 2.16. The van der Waals surface area contributed by atoms with Gasteiger partial charge in [-0.2, -0.15) is 12.6 Å². The molecular formula is C21H37NO6S. The van der Waals surface area contributed by atoms with E-state index in [0.29, 0.717) is 12.8 Å². The van der Waals surface area contributed by atoms with Crippen molar-refractivity contribution in [3.8, 4) is 0 Å². The lowest BCUT2D eigenvalue weighted by Gasteiger charge is -2.23. The lowest BCUT2D eigenvalue weighted by atomic mass is 10.1. The van der Waals surface area contributed by atoms with Crippen LogP contribution in [0.1, 0.15) is 47.5 Å². The summed E-state index contributed by atoms with van der Waals surface area (Å²) in [4.78, 5) is 32.7. The summed E-state index contributed by atoms with van der Waals surface area (Å²) in [5.74, 6) is -0.712. The van der Waals surface area contributed by atoms with Crippen molar-refractivity contribution in [1.82, 2.24) is 5.32 Å². The van der Waals surface area contributed by atoms with Gasteiger partial charge in [-0.05, 0) is 32.8 Å². The minimum atomic E-state index is -0.613. The Bertz CT molecular complexity index is 526. The van der Waals surface area contributed by atoms with Crippen molar-refractivity contribution in [3.05, 3.63) is 37.0 Å². The summed E-state index contributed by atoms with van der Waals surface area (Å²) in [7, 11) is 1.00. The van der Waals surface area contributed by atoms with Crippen LogP contribution in [0.25, 0.3) is 0 Å². The summed E-state index contributed by atoms with van der Waals surface area (Å²) in [5, 5.41) is 9.04. The van der Waals surface area contributed by atoms with Crippen LogP contribution < -0.4 is 5.32 Å². The summed E-state index contributed by atoms with van der Waals surface area (Å²) >= 11 is 4.25. The molecule has 8 heteroatoms.